The van der Waals surface area contributed by atoms with Gasteiger partial charge in [-0.05, 0) is 6.42 Å². The van der Waals surface area contributed by atoms with E-state index in [9.17, 15) is 4.79 Å². The lowest BCUT2D eigenvalue weighted by Crippen LogP contribution is -2.42. The van der Waals surface area contributed by atoms with Crippen molar-refractivity contribution in [1.82, 2.24) is 14.9 Å². The van der Waals surface area contributed by atoms with Crippen LogP contribution in [0.3, 0.4) is 0 Å². The third-order valence-electron chi connectivity index (χ3n) is 4.62. The molecular formula is C16H24N4O3. The zero-order chi connectivity index (χ0) is 16.4. The SMILES string of the molecule is COCCC(=O)N1CC[C@]2(COCc3cnc(N(C)C)nc32)C1. The van der Waals surface area contributed by atoms with E-state index in [0.717, 1.165) is 24.2 Å². The summed E-state index contributed by atoms with van der Waals surface area (Å²) in [5.41, 5.74) is 1.88. The van der Waals surface area contributed by atoms with E-state index in [1.807, 2.05) is 30.1 Å². The van der Waals surface area contributed by atoms with Gasteiger partial charge in [-0.15, -0.1) is 0 Å². The van der Waals surface area contributed by atoms with Crippen molar-refractivity contribution in [2.24, 2.45) is 0 Å². The van der Waals surface area contributed by atoms with Crippen molar-refractivity contribution in [2.75, 3.05) is 52.4 Å². The molecule has 126 valence electrons. The number of ether oxygens (including phenoxy) is 2. The van der Waals surface area contributed by atoms with E-state index in [0.29, 0.717) is 38.7 Å². The van der Waals surface area contributed by atoms with E-state index in [1.54, 1.807) is 7.11 Å². The van der Waals surface area contributed by atoms with Gasteiger partial charge in [-0.3, -0.25) is 4.79 Å². The molecule has 3 rings (SSSR count). The van der Waals surface area contributed by atoms with Crippen LogP contribution in [0.25, 0.3) is 0 Å². The number of hydrogen-bond acceptors (Lipinski definition) is 6. The fourth-order valence-corrected chi connectivity index (χ4v) is 3.35. The summed E-state index contributed by atoms with van der Waals surface area (Å²) in [4.78, 5) is 25.3. The van der Waals surface area contributed by atoms with Gasteiger partial charge in [0.1, 0.15) is 0 Å². The molecule has 7 nitrogen and oxygen atoms in total. The lowest BCUT2D eigenvalue weighted by molar-refractivity contribution is -0.131. The van der Waals surface area contributed by atoms with Gasteiger partial charge in [0.25, 0.3) is 0 Å². The molecule has 1 atom stereocenters. The van der Waals surface area contributed by atoms with Gasteiger partial charge >= 0.3 is 0 Å². The van der Waals surface area contributed by atoms with Crippen LogP contribution < -0.4 is 4.90 Å². The normalized spacial score (nSPS) is 23.2. The van der Waals surface area contributed by atoms with Crippen LogP contribution >= 0.6 is 0 Å². The molecule has 1 aromatic rings. The number of anilines is 1. The quantitative estimate of drug-likeness (QED) is 0.808. The van der Waals surface area contributed by atoms with E-state index in [4.69, 9.17) is 14.5 Å². The van der Waals surface area contributed by atoms with Gasteiger partial charge in [0.15, 0.2) is 0 Å². The Morgan fingerprint density at radius 2 is 2.35 bits per heavy atom. The predicted octanol–water partition coefficient (Wildman–Crippen LogP) is 0.579. The largest absolute Gasteiger partial charge is 0.384 e. The summed E-state index contributed by atoms with van der Waals surface area (Å²) >= 11 is 0. The fourth-order valence-electron chi connectivity index (χ4n) is 3.35. The Balaban J connectivity index is 1.85. The lowest BCUT2D eigenvalue weighted by Gasteiger charge is -2.34. The minimum absolute atomic E-state index is 0.137. The molecule has 1 amide bonds. The van der Waals surface area contributed by atoms with Crippen LogP contribution in [0.5, 0.6) is 0 Å². The zero-order valence-corrected chi connectivity index (χ0v) is 14.0. The average molecular weight is 320 g/mol. The standard InChI is InChI=1S/C16H24N4O3/c1-19(2)15-17-8-12-9-23-11-16(14(12)18-15)5-6-20(10-16)13(21)4-7-22-3/h8H,4-7,9-11H2,1-3H3/t16-/m1/s1. The van der Waals surface area contributed by atoms with Crippen LogP contribution in [0, 0.1) is 0 Å². The van der Waals surface area contributed by atoms with E-state index in [1.165, 1.54) is 0 Å². The summed E-state index contributed by atoms with van der Waals surface area (Å²) in [7, 11) is 5.48. The highest BCUT2D eigenvalue weighted by atomic mass is 16.5. The van der Waals surface area contributed by atoms with Gasteiger partial charge in [0, 0.05) is 46.1 Å². The second kappa shape index (κ2) is 6.41. The monoisotopic (exact) mass is 320 g/mol. The minimum atomic E-state index is -0.204. The smallest absolute Gasteiger partial charge is 0.225 e. The summed E-state index contributed by atoms with van der Waals surface area (Å²) in [6.45, 7) is 3.02. The van der Waals surface area contributed by atoms with Crippen molar-refractivity contribution in [3.05, 3.63) is 17.5 Å². The van der Waals surface area contributed by atoms with Gasteiger partial charge < -0.3 is 19.3 Å². The molecule has 0 radical (unpaired) electrons. The van der Waals surface area contributed by atoms with Gasteiger partial charge in [-0.1, -0.05) is 0 Å². The first-order valence-corrected chi connectivity index (χ1v) is 7.94. The van der Waals surface area contributed by atoms with Crippen LogP contribution in [0.4, 0.5) is 5.95 Å². The van der Waals surface area contributed by atoms with Crippen LogP contribution in [0.2, 0.25) is 0 Å². The van der Waals surface area contributed by atoms with Crippen LogP contribution in [-0.2, 0) is 26.3 Å². The number of amides is 1. The zero-order valence-electron chi connectivity index (χ0n) is 14.0. The van der Waals surface area contributed by atoms with Crippen LogP contribution in [-0.4, -0.2) is 68.3 Å². The van der Waals surface area contributed by atoms with Gasteiger partial charge in [-0.25, -0.2) is 9.97 Å². The highest BCUT2D eigenvalue weighted by Crippen LogP contribution is 2.39. The Labute approximate surface area is 136 Å². The number of methoxy groups -OCH3 is 1. The van der Waals surface area contributed by atoms with Crippen molar-refractivity contribution in [3.63, 3.8) is 0 Å². The van der Waals surface area contributed by atoms with E-state index in [-0.39, 0.29) is 11.3 Å². The number of carbonyl (C=O) groups is 1. The van der Waals surface area contributed by atoms with Crippen molar-refractivity contribution in [1.29, 1.82) is 0 Å². The Kier molecular flexibility index (Phi) is 4.50. The van der Waals surface area contributed by atoms with Gasteiger partial charge in [-0.2, -0.15) is 0 Å². The third kappa shape index (κ3) is 3.03. The molecule has 1 spiro atoms. The predicted molar refractivity (Wildman–Crippen MR) is 85.4 cm³/mol. The van der Waals surface area contributed by atoms with Crippen LogP contribution in [0.15, 0.2) is 6.20 Å². The van der Waals surface area contributed by atoms with Crippen molar-refractivity contribution < 1.29 is 14.3 Å². The Morgan fingerprint density at radius 3 is 3.09 bits per heavy atom. The molecule has 1 saturated heterocycles. The van der Waals surface area contributed by atoms with Crippen molar-refractivity contribution >= 4 is 11.9 Å². The van der Waals surface area contributed by atoms with E-state index in [2.05, 4.69) is 4.98 Å². The summed E-state index contributed by atoms with van der Waals surface area (Å²) in [6, 6.07) is 0. The van der Waals surface area contributed by atoms with Gasteiger partial charge in [0.05, 0.1) is 37.4 Å². The summed E-state index contributed by atoms with van der Waals surface area (Å²) in [6.07, 6.45) is 3.16. The van der Waals surface area contributed by atoms with Crippen LogP contribution in [0.1, 0.15) is 24.1 Å². The molecular weight excluding hydrogens is 296 g/mol. The number of aromatic nitrogens is 2. The summed E-state index contributed by atoms with van der Waals surface area (Å²) in [5.74, 6) is 0.840. The first kappa shape index (κ1) is 16.1. The molecule has 0 aliphatic carbocycles. The molecule has 0 N–H and O–H groups in total. The molecule has 1 aromatic heterocycles. The number of fused-ring (bicyclic) bond motifs is 2. The molecule has 2 aliphatic rings. The maximum Gasteiger partial charge on any atom is 0.225 e. The number of hydrogen-bond donors (Lipinski definition) is 0. The second-order valence-corrected chi connectivity index (χ2v) is 6.52. The highest BCUT2D eigenvalue weighted by molar-refractivity contribution is 5.77. The maximum absolute atomic E-state index is 12.3. The third-order valence-corrected chi connectivity index (χ3v) is 4.62. The molecule has 3 heterocycles. The Bertz CT molecular complexity index is 593. The average Bonchev–Trinajstić information content (AvgIpc) is 2.97. The summed E-state index contributed by atoms with van der Waals surface area (Å²) in [5, 5.41) is 0. The Hall–Kier alpha value is -1.73. The fraction of sp³-hybridized carbons (Fsp3) is 0.688. The van der Waals surface area contributed by atoms with Crippen molar-refractivity contribution in [2.45, 2.75) is 24.9 Å². The summed E-state index contributed by atoms with van der Waals surface area (Å²) < 4.78 is 10.8. The first-order valence-electron chi connectivity index (χ1n) is 7.94. The molecule has 2 aliphatic heterocycles. The number of nitrogens with zero attached hydrogens (tertiary/aromatic N) is 4. The second-order valence-electron chi connectivity index (χ2n) is 6.52. The molecule has 7 heteroatoms. The molecule has 0 aromatic carbocycles. The number of likely N-dealkylation sites (tertiary alicyclic amines) is 1. The lowest BCUT2D eigenvalue weighted by atomic mass is 9.80. The molecule has 0 bridgehead atoms. The Morgan fingerprint density at radius 1 is 1.52 bits per heavy atom. The minimum Gasteiger partial charge on any atom is -0.384 e. The number of rotatable bonds is 4. The topological polar surface area (TPSA) is 67.8 Å². The first-order chi connectivity index (χ1) is 11.1. The molecule has 23 heavy (non-hydrogen) atoms. The van der Waals surface area contributed by atoms with E-state index >= 15 is 0 Å². The van der Waals surface area contributed by atoms with Gasteiger partial charge in [0.2, 0.25) is 11.9 Å². The van der Waals surface area contributed by atoms with Crippen molar-refractivity contribution in [3.8, 4) is 0 Å². The van der Waals surface area contributed by atoms with E-state index < -0.39 is 0 Å². The maximum atomic E-state index is 12.3. The number of carbonyl (C=O) groups excluding carboxylic acids is 1. The highest BCUT2D eigenvalue weighted by Gasteiger charge is 2.46. The molecule has 0 unspecified atom stereocenters. The molecule has 0 saturated carbocycles. The molecule has 1 fully saturated rings.